The van der Waals surface area contributed by atoms with Crippen LogP contribution >= 0.6 is 0 Å². The molecule has 1 aliphatic heterocycles. The second-order valence-corrected chi connectivity index (χ2v) is 6.07. The maximum absolute atomic E-state index is 12.6. The number of hydrogen-bond acceptors (Lipinski definition) is 3. The molecular weight excluding hydrogens is 304 g/mol. The van der Waals surface area contributed by atoms with Crippen LogP contribution in [-0.2, 0) is 11.3 Å². The molecule has 0 bridgehead atoms. The number of hydrogen-bond donors (Lipinski definition) is 2. The van der Waals surface area contributed by atoms with E-state index in [1.54, 1.807) is 0 Å². The quantitative estimate of drug-likeness (QED) is 0.775. The van der Waals surface area contributed by atoms with Gasteiger partial charge >= 0.3 is 0 Å². The summed E-state index contributed by atoms with van der Waals surface area (Å²) in [5.74, 6) is -0.0742. The van der Waals surface area contributed by atoms with Gasteiger partial charge in [0.1, 0.15) is 6.10 Å². The van der Waals surface area contributed by atoms with Gasteiger partial charge in [0, 0.05) is 42.2 Å². The van der Waals surface area contributed by atoms with Gasteiger partial charge in [0.05, 0.1) is 12.2 Å². The number of aryl methyl sites for hydroxylation is 1. The average Bonchev–Trinajstić information content (AvgIpc) is 3.33. The predicted molar refractivity (Wildman–Crippen MR) is 90.8 cm³/mol. The summed E-state index contributed by atoms with van der Waals surface area (Å²) in [6.45, 7) is 3.50. The van der Waals surface area contributed by atoms with Gasteiger partial charge in [-0.2, -0.15) is 5.10 Å². The lowest BCUT2D eigenvalue weighted by molar-refractivity contribution is 0.0821. The Kier molecular flexibility index (Phi) is 3.82. The third kappa shape index (κ3) is 2.69. The second-order valence-electron chi connectivity index (χ2n) is 6.07. The summed E-state index contributed by atoms with van der Waals surface area (Å²) in [5.41, 5.74) is 2.63. The fourth-order valence-electron chi connectivity index (χ4n) is 3.21. The Morgan fingerprint density at radius 3 is 3.21 bits per heavy atom. The first-order valence-corrected chi connectivity index (χ1v) is 8.26. The maximum Gasteiger partial charge on any atom is 0.251 e. The zero-order valence-corrected chi connectivity index (χ0v) is 13.5. The average molecular weight is 324 g/mol. The van der Waals surface area contributed by atoms with E-state index < -0.39 is 0 Å². The van der Waals surface area contributed by atoms with Crippen LogP contribution in [0.1, 0.15) is 35.4 Å². The molecule has 124 valence electrons. The Labute approximate surface area is 139 Å². The van der Waals surface area contributed by atoms with Crippen molar-refractivity contribution in [2.45, 2.75) is 32.0 Å². The van der Waals surface area contributed by atoms with Gasteiger partial charge in [-0.05, 0) is 36.9 Å². The number of carbonyl (C=O) groups is 1. The highest BCUT2D eigenvalue weighted by atomic mass is 16.5. The third-order valence-corrected chi connectivity index (χ3v) is 4.53. The molecule has 1 saturated heterocycles. The molecule has 2 atom stereocenters. The molecule has 6 heteroatoms. The minimum atomic E-state index is -0.136. The number of H-pyrrole nitrogens is 1. The SMILES string of the molecule is CCn1cc([C@H]2OCC[C@@H]2NC(=O)c2ccc3cc[nH]c3c2)cn1. The summed E-state index contributed by atoms with van der Waals surface area (Å²) < 4.78 is 7.70. The fourth-order valence-corrected chi connectivity index (χ4v) is 3.21. The van der Waals surface area contributed by atoms with Gasteiger partial charge in [-0.25, -0.2) is 0 Å². The zero-order chi connectivity index (χ0) is 16.5. The van der Waals surface area contributed by atoms with Crippen LogP contribution < -0.4 is 5.32 Å². The van der Waals surface area contributed by atoms with E-state index in [0.29, 0.717) is 12.2 Å². The van der Waals surface area contributed by atoms with Crippen molar-refractivity contribution in [3.8, 4) is 0 Å². The molecule has 1 aliphatic rings. The topological polar surface area (TPSA) is 71.9 Å². The number of nitrogens with zero attached hydrogens (tertiary/aromatic N) is 2. The fraction of sp³-hybridized carbons (Fsp3) is 0.333. The van der Waals surface area contributed by atoms with Gasteiger partial charge in [-0.3, -0.25) is 9.48 Å². The smallest absolute Gasteiger partial charge is 0.251 e. The molecule has 1 aromatic carbocycles. The first-order chi connectivity index (χ1) is 11.7. The molecule has 0 aliphatic carbocycles. The van der Waals surface area contributed by atoms with Crippen LogP contribution in [0.4, 0.5) is 0 Å². The summed E-state index contributed by atoms with van der Waals surface area (Å²) in [6, 6.07) is 7.64. The van der Waals surface area contributed by atoms with E-state index in [-0.39, 0.29) is 18.1 Å². The Morgan fingerprint density at radius 2 is 2.38 bits per heavy atom. The van der Waals surface area contributed by atoms with Crippen LogP contribution in [0.2, 0.25) is 0 Å². The number of rotatable bonds is 4. The minimum Gasteiger partial charge on any atom is -0.371 e. The van der Waals surface area contributed by atoms with Crippen molar-refractivity contribution < 1.29 is 9.53 Å². The molecule has 0 unspecified atom stereocenters. The van der Waals surface area contributed by atoms with Gasteiger partial charge in [0.15, 0.2) is 0 Å². The van der Waals surface area contributed by atoms with Crippen molar-refractivity contribution in [1.29, 1.82) is 0 Å². The number of benzene rings is 1. The number of ether oxygens (including phenoxy) is 1. The van der Waals surface area contributed by atoms with Gasteiger partial charge in [-0.15, -0.1) is 0 Å². The van der Waals surface area contributed by atoms with Crippen LogP contribution in [0.3, 0.4) is 0 Å². The Bertz CT molecular complexity index is 867. The summed E-state index contributed by atoms with van der Waals surface area (Å²) in [6.07, 6.45) is 6.35. The number of fused-ring (bicyclic) bond motifs is 1. The van der Waals surface area contributed by atoms with E-state index in [1.165, 1.54) is 0 Å². The highest BCUT2D eigenvalue weighted by molar-refractivity contribution is 5.98. The molecule has 3 aromatic rings. The number of amides is 1. The van der Waals surface area contributed by atoms with Gasteiger partial charge in [-0.1, -0.05) is 6.07 Å². The van der Waals surface area contributed by atoms with Gasteiger partial charge < -0.3 is 15.0 Å². The lowest BCUT2D eigenvalue weighted by Gasteiger charge is -2.19. The molecule has 6 nitrogen and oxygen atoms in total. The summed E-state index contributed by atoms with van der Waals surface area (Å²) in [5, 5.41) is 8.51. The molecule has 1 amide bonds. The zero-order valence-electron chi connectivity index (χ0n) is 13.5. The summed E-state index contributed by atoms with van der Waals surface area (Å²) >= 11 is 0. The van der Waals surface area contributed by atoms with Crippen LogP contribution in [0.15, 0.2) is 42.9 Å². The molecule has 4 rings (SSSR count). The summed E-state index contributed by atoms with van der Waals surface area (Å²) in [4.78, 5) is 15.7. The first-order valence-electron chi connectivity index (χ1n) is 8.26. The van der Waals surface area contributed by atoms with Crippen LogP contribution in [0, 0.1) is 0 Å². The maximum atomic E-state index is 12.6. The molecular formula is C18H20N4O2. The normalized spacial score (nSPS) is 20.5. The number of carbonyl (C=O) groups excluding carboxylic acids is 1. The molecule has 0 radical (unpaired) electrons. The molecule has 0 saturated carbocycles. The summed E-state index contributed by atoms with van der Waals surface area (Å²) in [7, 11) is 0. The van der Waals surface area contributed by atoms with Crippen LogP contribution in [0.25, 0.3) is 10.9 Å². The van der Waals surface area contributed by atoms with Crippen molar-refractivity contribution in [2.75, 3.05) is 6.61 Å². The van der Waals surface area contributed by atoms with Crippen molar-refractivity contribution in [3.05, 3.63) is 54.0 Å². The lowest BCUT2D eigenvalue weighted by Crippen LogP contribution is -2.36. The van der Waals surface area contributed by atoms with E-state index in [4.69, 9.17) is 4.74 Å². The Balaban J connectivity index is 1.51. The van der Waals surface area contributed by atoms with E-state index in [9.17, 15) is 4.79 Å². The molecule has 3 heterocycles. The predicted octanol–water partition coefficient (Wildman–Crippen LogP) is 2.64. The van der Waals surface area contributed by atoms with Crippen molar-refractivity contribution >= 4 is 16.8 Å². The first kappa shape index (κ1) is 15.0. The largest absolute Gasteiger partial charge is 0.371 e. The minimum absolute atomic E-state index is 0.0358. The number of aromatic amines is 1. The Morgan fingerprint density at radius 1 is 1.46 bits per heavy atom. The molecule has 2 aromatic heterocycles. The van der Waals surface area contributed by atoms with Gasteiger partial charge in [0.2, 0.25) is 0 Å². The highest BCUT2D eigenvalue weighted by Gasteiger charge is 2.32. The molecule has 2 N–H and O–H groups in total. The number of nitrogens with one attached hydrogen (secondary N) is 2. The van der Waals surface area contributed by atoms with E-state index >= 15 is 0 Å². The Hall–Kier alpha value is -2.60. The monoisotopic (exact) mass is 324 g/mol. The van der Waals surface area contributed by atoms with Gasteiger partial charge in [0.25, 0.3) is 5.91 Å². The third-order valence-electron chi connectivity index (χ3n) is 4.53. The lowest BCUT2D eigenvalue weighted by atomic mass is 10.0. The van der Waals surface area contributed by atoms with Crippen LogP contribution in [-0.4, -0.2) is 33.3 Å². The van der Waals surface area contributed by atoms with E-state index in [1.807, 2.05) is 54.5 Å². The standard InChI is InChI=1S/C18H20N4O2/c1-2-22-11-14(10-20-22)17-15(6-8-24-17)21-18(23)13-4-3-12-5-7-19-16(12)9-13/h3-5,7,9-11,15,17,19H,2,6,8H2,1H3,(H,21,23)/t15-,17+/m0/s1. The molecule has 24 heavy (non-hydrogen) atoms. The highest BCUT2D eigenvalue weighted by Crippen LogP contribution is 2.29. The van der Waals surface area contributed by atoms with E-state index in [2.05, 4.69) is 15.4 Å². The number of aromatic nitrogens is 3. The van der Waals surface area contributed by atoms with Crippen molar-refractivity contribution in [1.82, 2.24) is 20.1 Å². The van der Waals surface area contributed by atoms with Crippen molar-refractivity contribution in [3.63, 3.8) is 0 Å². The van der Waals surface area contributed by atoms with Crippen molar-refractivity contribution in [2.24, 2.45) is 0 Å². The van der Waals surface area contributed by atoms with Crippen LogP contribution in [0.5, 0.6) is 0 Å². The molecule has 1 fully saturated rings. The second kappa shape index (κ2) is 6.13. The van der Waals surface area contributed by atoms with E-state index in [0.717, 1.165) is 29.4 Å². The molecule has 0 spiro atoms.